The summed E-state index contributed by atoms with van der Waals surface area (Å²) in [5, 5.41) is 2.12. The molecule has 0 N–H and O–H groups in total. The maximum absolute atomic E-state index is 13.4. The lowest BCUT2D eigenvalue weighted by atomic mass is 10.0. The Bertz CT molecular complexity index is 3850. The van der Waals surface area contributed by atoms with Crippen LogP contribution in [0.4, 0.5) is 4.79 Å². The number of carbonyl (C=O) groups is 5. The summed E-state index contributed by atoms with van der Waals surface area (Å²) in [7, 11) is 8.34. The fraction of sp³-hybridized carbons (Fsp3) is 0.397. The van der Waals surface area contributed by atoms with Gasteiger partial charge in [0, 0.05) is 57.0 Å². The monoisotopic (exact) mass is 1200 g/mol. The lowest BCUT2D eigenvalue weighted by Gasteiger charge is -2.39. The Balaban J connectivity index is 0.000000190. The van der Waals surface area contributed by atoms with Gasteiger partial charge in [-0.3, -0.25) is 14.4 Å². The number of amides is 1. The first-order valence-corrected chi connectivity index (χ1v) is 28.0. The number of benzene rings is 4. The Kier molecular flexibility index (Phi) is 21.1. The van der Waals surface area contributed by atoms with E-state index in [1.54, 1.807) is 73.4 Å². The van der Waals surface area contributed by atoms with E-state index in [-0.39, 0.29) is 41.9 Å². The fourth-order valence-corrected chi connectivity index (χ4v) is 10.3. The topological polar surface area (TPSA) is 259 Å². The predicted octanol–water partition coefficient (Wildman–Crippen LogP) is 6.63. The number of pyridine rings is 3. The van der Waals surface area contributed by atoms with Crippen molar-refractivity contribution in [2.24, 2.45) is 0 Å². The van der Waals surface area contributed by atoms with E-state index in [4.69, 9.17) is 47.4 Å². The lowest BCUT2D eigenvalue weighted by molar-refractivity contribution is -0.108. The molecule has 0 unspecified atom stereocenters. The van der Waals surface area contributed by atoms with Gasteiger partial charge in [-0.25, -0.2) is 19.2 Å². The Morgan fingerprint density at radius 2 is 1.02 bits per heavy atom. The summed E-state index contributed by atoms with van der Waals surface area (Å²) in [5.41, 5.74) is 0.619. The van der Waals surface area contributed by atoms with Crippen molar-refractivity contribution in [1.29, 1.82) is 0 Å². The molecule has 0 atom stereocenters. The highest BCUT2D eigenvalue weighted by Crippen LogP contribution is 2.33. The van der Waals surface area contributed by atoms with Crippen LogP contribution in [0.15, 0.2) is 105 Å². The Labute approximate surface area is 500 Å². The van der Waals surface area contributed by atoms with Gasteiger partial charge in [0.25, 0.3) is 16.7 Å². The molecule has 0 radical (unpaired) electrons. The van der Waals surface area contributed by atoms with Crippen molar-refractivity contribution in [3.63, 3.8) is 0 Å². The number of ether oxygens (including phenoxy) is 11. The second kappa shape index (κ2) is 28.8. The molecule has 3 aromatic heterocycles. The van der Waals surface area contributed by atoms with E-state index >= 15 is 0 Å². The summed E-state index contributed by atoms with van der Waals surface area (Å²) >= 11 is 0. The van der Waals surface area contributed by atoms with Gasteiger partial charge in [-0.2, -0.15) is 0 Å². The van der Waals surface area contributed by atoms with Crippen LogP contribution < -0.4 is 40.4 Å². The Morgan fingerprint density at radius 3 is 1.49 bits per heavy atom. The number of nitrogens with zero attached hydrogens (tertiary/aromatic N) is 5. The van der Waals surface area contributed by atoms with Gasteiger partial charge in [-0.05, 0) is 122 Å². The van der Waals surface area contributed by atoms with Crippen LogP contribution in [0.5, 0.6) is 28.7 Å². The van der Waals surface area contributed by atoms with Crippen molar-refractivity contribution in [1.82, 2.24) is 23.5 Å². The molecule has 0 aliphatic carbocycles. The quantitative estimate of drug-likeness (QED) is 0.0558. The zero-order valence-electron chi connectivity index (χ0n) is 50.1. The molecule has 87 heavy (non-hydrogen) atoms. The molecule has 24 heteroatoms. The fourth-order valence-electron chi connectivity index (χ4n) is 10.3. The number of methoxy groups -OCH3 is 6. The van der Waals surface area contributed by atoms with E-state index < -0.39 is 46.5 Å². The smallest absolute Gasteiger partial charge is 0.410 e. The second-order valence-corrected chi connectivity index (χ2v) is 21.2. The first kappa shape index (κ1) is 63.8. The molecule has 24 nitrogen and oxygen atoms in total. The number of carbonyl (C=O) groups excluding carboxylic acids is 5. The number of esters is 3. The van der Waals surface area contributed by atoms with Crippen molar-refractivity contribution in [3.05, 3.63) is 144 Å². The van der Waals surface area contributed by atoms with Crippen LogP contribution in [-0.2, 0) is 59.4 Å². The van der Waals surface area contributed by atoms with Crippen LogP contribution in [0.3, 0.4) is 0 Å². The van der Waals surface area contributed by atoms with Gasteiger partial charge in [0.2, 0.25) is 0 Å². The average molecular weight is 1200 g/mol. The third kappa shape index (κ3) is 15.2. The number of rotatable bonds is 16. The van der Waals surface area contributed by atoms with Crippen molar-refractivity contribution < 1.29 is 76.1 Å². The standard InChI is InChI=1S/C33H41N3O8.C16H17NO6.C14H13NO5/c1-33(2,3)44-32(39)36(21-22-6-9-28-29(18-22)43-17-16-42-28)24-10-12-34(13-11-24)14-15-35-27-20-25(40-4)8-7-23(27)19-26(30(35)37)31(38)41-5;1-20-11-4-3-10-7-12(16(19)21-2)15(18)17(13(10)8-11)9-14-22-5-6-23-14;1-19-10-4-3-9-7-11(14(18)20-2)13(17)15(5-6-16)12(9)8-10/h6-9,18-20,24H,10-17,21H2,1-5H3;3-4,7-8,14H,5-6,9H2,1-2H3;3-4,6-8H,5H2,1-2H3. The van der Waals surface area contributed by atoms with Crippen LogP contribution in [0.25, 0.3) is 32.7 Å². The number of hydrogen-bond acceptors (Lipinski definition) is 20. The maximum atomic E-state index is 13.4. The van der Waals surface area contributed by atoms with Crippen molar-refractivity contribution in [2.45, 2.75) is 77.7 Å². The summed E-state index contributed by atoms with van der Waals surface area (Å²) < 4.78 is 62.2. The Morgan fingerprint density at radius 1 is 0.563 bits per heavy atom. The molecule has 7 aromatic rings. The third-order valence-electron chi connectivity index (χ3n) is 14.6. The molecule has 4 aromatic carbocycles. The average Bonchev–Trinajstić information content (AvgIpc) is 1.34. The van der Waals surface area contributed by atoms with Crippen LogP contribution in [0.1, 0.15) is 70.3 Å². The Hall–Kier alpha value is -9.26. The van der Waals surface area contributed by atoms with E-state index in [2.05, 4.69) is 9.64 Å². The number of fused-ring (bicyclic) bond motifs is 4. The highest BCUT2D eigenvalue weighted by atomic mass is 16.7. The van der Waals surface area contributed by atoms with Gasteiger partial charge < -0.3 is 80.4 Å². The zero-order chi connectivity index (χ0) is 62.5. The van der Waals surface area contributed by atoms with Gasteiger partial charge in [-0.15, -0.1) is 0 Å². The number of hydrogen-bond donors (Lipinski definition) is 0. The molecule has 462 valence electrons. The molecule has 3 aliphatic rings. The van der Waals surface area contributed by atoms with Crippen LogP contribution in [0.2, 0.25) is 0 Å². The SMILES string of the molecule is COC(=O)c1cc2ccc(OC)cc2n(CC2OCCO2)c1=O.COC(=O)c1cc2ccc(OC)cc2n(CC=O)c1=O.COC(=O)c1cc2ccc(OC)cc2n(CCN2CCC(N(Cc3ccc4c(c3)OCCO4)C(=O)OC(C)(C)C)CC2)c1=O. The van der Waals surface area contributed by atoms with Gasteiger partial charge in [-0.1, -0.05) is 6.07 Å². The number of likely N-dealkylation sites (tertiary alicyclic amines) is 1. The van der Waals surface area contributed by atoms with Gasteiger partial charge >= 0.3 is 24.0 Å². The minimum atomic E-state index is -0.729. The maximum Gasteiger partial charge on any atom is 0.410 e. The second-order valence-electron chi connectivity index (χ2n) is 21.2. The van der Waals surface area contributed by atoms with Crippen molar-refractivity contribution in [2.75, 3.05) is 88.7 Å². The largest absolute Gasteiger partial charge is 0.497 e. The van der Waals surface area contributed by atoms with Gasteiger partial charge in [0.15, 0.2) is 17.8 Å². The minimum absolute atomic E-state index is 0.00369. The predicted molar refractivity (Wildman–Crippen MR) is 319 cm³/mol. The van der Waals surface area contributed by atoms with Crippen molar-refractivity contribution in [3.8, 4) is 28.7 Å². The van der Waals surface area contributed by atoms with Crippen LogP contribution >= 0.6 is 0 Å². The molecule has 0 spiro atoms. The number of aldehydes is 1. The molecule has 0 saturated carbocycles. The summed E-state index contributed by atoms with van der Waals surface area (Å²) in [6, 6.07) is 26.1. The van der Waals surface area contributed by atoms with Crippen LogP contribution in [0, 0.1) is 0 Å². The summed E-state index contributed by atoms with van der Waals surface area (Å²) in [6.45, 7) is 10.5. The molecule has 2 saturated heterocycles. The first-order valence-electron chi connectivity index (χ1n) is 28.0. The molecule has 6 heterocycles. The van der Waals surface area contributed by atoms with Gasteiger partial charge in [0.1, 0.15) is 59.0 Å². The zero-order valence-corrected chi connectivity index (χ0v) is 50.1. The third-order valence-corrected chi connectivity index (χ3v) is 14.6. The molecule has 0 bridgehead atoms. The van der Waals surface area contributed by atoms with E-state index in [9.17, 15) is 38.4 Å². The van der Waals surface area contributed by atoms with Crippen molar-refractivity contribution >= 4 is 63.0 Å². The molecule has 1 amide bonds. The normalized spacial score (nSPS) is 14.2. The van der Waals surface area contributed by atoms with E-state index in [0.717, 1.165) is 42.3 Å². The summed E-state index contributed by atoms with van der Waals surface area (Å²) in [6.07, 6.45) is 1.22. The summed E-state index contributed by atoms with van der Waals surface area (Å²) in [4.78, 5) is 102. The molecule has 3 aliphatic heterocycles. The number of aromatic nitrogens is 3. The number of piperidine rings is 1. The highest BCUT2D eigenvalue weighted by Gasteiger charge is 2.32. The molecular weight excluding hydrogens is 1130 g/mol. The van der Waals surface area contributed by atoms with Gasteiger partial charge in [0.05, 0.1) is 85.5 Å². The lowest BCUT2D eigenvalue weighted by Crippen LogP contribution is -2.49. The summed E-state index contributed by atoms with van der Waals surface area (Å²) in [5.74, 6) is 1.12. The van der Waals surface area contributed by atoms with E-state index in [1.807, 2.05) is 49.9 Å². The molecule has 10 rings (SSSR count). The molecular formula is C63H71N5O19. The van der Waals surface area contributed by atoms with E-state index in [0.29, 0.717) is 103 Å². The first-order chi connectivity index (χ1) is 41.8. The van der Waals surface area contributed by atoms with E-state index in [1.165, 1.54) is 49.7 Å². The molecule has 2 fully saturated rings. The highest BCUT2D eigenvalue weighted by molar-refractivity contribution is 5.96. The minimum Gasteiger partial charge on any atom is -0.497 e. The van der Waals surface area contributed by atoms with Crippen LogP contribution in [-0.4, -0.2) is 160 Å².